The summed E-state index contributed by atoms with van der Waals surface area (Å²) in [7, 11) is 0. The summed E-state index contributed by atoms with van der Waals surface area (Å²) in [6.45, 7) is 1.81. The lowest BCUT2D eigenvalue weighted by atomic mass is 10.2. The number of phenols is 1. The van der Waals surface area contributed by atoms with Crippen LogP contribution < -0.4 is 5.32 Å². The van der Waals surface area contributed by atoms with Crippen molar-refractivity contribution in [1.29, 1.82) is 0 Å². The van der Waals surface area contributed by atoms with Crippen LogP contribution in [0.3, 0.4) is 0 Å². The molecule has 2 N–H and O–H groups in total. The number of phenolic OH excluding ortho intramolecular Hbond substituents is 1. The lowest BCUT2D eigenvalue weighted by Gasteiger charge is -2.04. The Bertz CT molecular complexity index is 521. The third kappa shape index (κ3) is 3.75. The van der Waals surface area contributed by atoms with Crippen molar-refractivity contribution in [2.45, 2.75) is 6.92 Å². The van der Waals surface area contributed by atoms with E-state index in [-0.39, 0.29) is 17.1 Å². The first kappa shape index (κ1) is 13.4. The van der Waals surface area contributed by atoms with E-state index in [1.54, 1.807) is 12.2 Å². The first-order valence-electron chi connectivity index (χ1n) is 5.12. The van der Waals surface area contributed by atoms with Gasteiger partial charge >= 0.3 is 0 Å². The Morgan fingerprint density at radius 3 is 2.72 bits per heavy atom. The molecule has 94 valence electrons. The summed E-state index contributed by atoms with van der Waals surface area (Å²) >= 11 is 0. The number of amides is 1. The molecule has 0 unspecified atom stereocenters. The molecule has 0 saturated carbocycles. The van der Waals surface area contributed by atoms with E-state index in [1.165, 1.54) is 24.3 Å². The van der Waals surface area contributed by atoms with Crippen molar-refractivity contribution in [3.8, 4) is 5.75 Å². The molecule has 6 heteroatoms. The van der Waals surface area contributed by atoms with Gasteiger partial charge in [-0.25, -0.2) is 0 Å². The van der Waals surface area contributed by atoms with Gasteiger partial charge in [0.2, 0.25) is 5.91 Å². The average Bonchev–Trinajstić information content (AvgIpc) is 2.32. The number of rotatable bonds is 4. The van der Waals surface area contributed by atoms with Gasteiger partial charge in [-0.1, -0.05) is 18.2 Å². The first-order chi connectivity index (χ1) is 8.54. The minimum atomic E-state index is -0.628. The van der Waals surface area contributed by atoms with Crippen LogP contribution >= 0.6 is 0 Å². The van der Waals surface area contributed by atoms with Gasteiger partial charge in [-0.15, -0.1) is 0 Å². The number of carbonyl (C=O) groups excluding carboxylic acids is 1. The Hall–Kier alpha value is -2.63. The largest absolute Gasteiger partial charge is 0.506 e. The zero-order valence-electron chi connectivity index (χ0n) is 9.66. The second-order valence-corrected chi connectivity index (χ2v) is 3.33. The molecule has 0 aliphatic carbocycles. The summed E-state index contributed by atoms with van der Waals surface area (Å²) in [5.41, 5.74) is -0.120. The van der Waals surface area contributed by atoms with Crippen molar-refractivity contribution in [2.75, 3.05) is 5.32 Å². The molecule has 0 spiro atoms. The molecule has 0 saturated heterocycles. The maximum absolute atomic E-state index is 11.4. The van der Waals surface area contributed by atoms with Crippen molar-refractivity contribution in [3.63, 3.8) is 0 Å². The lowest BCUT2D eigenvalue weighted by molar-refractivity contribution is -0.384. The van der Waals surface area contributed by atoms with Crippen molar-refractivity contribution >= 4 is 17.3 Å². The Balaban J connectivity index is 2.79. The average molecular weight is 248 g/mol. The smallest absolute Gasteiger partial charge is 0.273 e. The standard InChI is InChI=1S/C12H12N2O4/c1-2-3-4-5-12(16)13-10-7-6-9(14(17)18)8-11(10)15/h2-8,15H,1H3,(H,13,16). The SMILES string of the molecule is CC=CC=CC(=O)Nc1ccc([N+](=O)[O-])cc1O. The van der Waals surface area contributed by atoms with E-state index in [4.69, 9.17) is 0 Å². The molecule has 1 aromatic rings. The number of nitro groups is 1. The van der Waals surface area contributed by atoms with Crippen LogP contribution in [0, 0.1) is 10.1 Å². The van der Waals surface area contributed by atoms with Gasteiger partial charge < -0.3 is 10.4 Å². The topological polar surface area (TPSA) is 92.5 Å². The third-order valence-electron chi connectivity index (χ3n) is 2.00. The van der Waals surface area contributed by atoms with E-state index in [0.717, 1.165) is 6.07 Å². The predicted octanol–water partition coefficient (Wildman–Crippen LogP) is 2.37. The molecule has 6 nitrogen and oxygen atoms in total. The van der Waals surface area contributed by atoms with Gasteiger partial charge in [0.15, 0.2) is 0 Å². The van der Waals surface area contributed by atoms with Gasteiger partial charge in [0.05, 0.1) is 16.7 Å². The minimum absolute atomic E-state index is 0.121. The molecule has 0 fully saturated rings. The first-order valence-corrected chi connectivity index (χ1v) is 5.12. The number of nitrogens with one attached hydrogen (secondary N) is 1. The number of carbonyl (C=O) groups is 1. The molecular formula is C12H12N2O4. The van der Waals surface area contributed by atoms with E-state index in [9.17, 15) is 20.0 Å². The van der Waals surface area contributed by atoms with Crippen LogP contribution in [-0.2, 0) is 4.79 Å². The lowest BCUT2D eigenvalue weighted by Crippen LogP contribution is -2.07. The summed E-state index contributed by atoms with van der Waals surface area (Å²) in [5.74, 6) is -0.783. The monoisotopic (exact) mass is 248 g/mol. The number of nitrogens with zero attached hydrogens (tertiary/aromatic N) is 1. The molecule has 0 atom stereocenters. The maximum Gasteiger partial charge on any atom is 0.273 e. The van der Waals surface area contributed by atoms with Crippen LogP contribution in [0.5, 0.6) is 5.75 Å². The molecule has 0 bridgehead atoms. The predicted molar refractivity (Wildman–Crippen MR) is 67.3 cm³/mol. The van der Waals surface area contributed by atoms with Crippen LogP contribution in [0.25, 0.3) is 0 Å². The quantitative estimate of drug-likeness (QED) is 0.281. The van der Waals surface area contributed by atoms with Crippen molar-refractivity contribution in [2.24, 2.45) is 0 Å². The summed E-state index contributed by atoms with van der Waals surface area (Å²) in [6.07, 6.45) is 6.25. The fourth-order valence-corrected chi connectivity index (χ4v) is 1.17. The Labute approximate surface area is 103 Å². The molecule has 0 aliphatic heterocycles. The van der Waals surface area contributed by atoms with Gasteiger partial charge in [-0.2, -0.15) is 0 Å². The maximum atomic E-state index is 11.4. The van der Waals surface area contributed by atoms with Crippen molar-refractivity contribution < 1.29 is 14.8 Å². The van der Waals surface area contributed by atoms with Gasteiger partial charge in [-0.05, 0) is 13.0 Å². The van der Waals surface area contributed by atoms with Crippen LogP contribution in [0.15, 0.2) is 42.5 Å². The number of aromatic hydroxyl groups is 1. The number of hydrogen-bond acceptors (Lipinski definition) is 4. The zero-order chi connectivity index (χ0) is 13.5. The van der Waals surface area contributed by atoms with E-state index in [2.05, 4.69) is 5.32 Å². The van der Waals surface area contributed by atoms with Gasteiger partial charge in [0.1, 0.15) is 5.75 Å². The fraction of sp³-hybridized carbons (Fsp3) is 0.0833. The molecule has 0 radical (unpaired) electrons. The summed E-state index contributed by atoms with van der Waals surface area (Å²) in [6, 6.07) is 3.45. The van der Waals surface area contributed by atoms with Crippen LogP contribution in [-0.4, -0.2) is 15.9 Å². The summed E-state index contributed by atoms with van der Waals surface area (Å²) in [5, 5.41) is 22.4. The molecule has 1 rings (SSSR count). The van der Waals surface area contributed by atoms with E-state index in [1.807, 2.05) is 6.92 Å². The number of allylic oxidation sites excluding steroid dienone is 3. The van der Waals surface area contributed by atoms with Gasteiger partial charge in [-0.3, -0.25) is 14.9 Å². The molecular weight excluding hydrogens is 236 g/mol. The minimum Gasteiger partial charge on any atom is -0.506 e. The molecule has 1 amide bonds. The number of hydrogen-bond donors (Lipinski definition) is 2. The Morgan fingerprint density at radius 1 is 1.44 bits per heavy atom. The van der Waals surface area contributed by atoms with E-state index < -0.39 is 10.8 Å². The zero-order valence-corrected chi connectivity index (χ0v) is 9.66. The number of non-ortho nitro benzene ring substituents is 1. The number of nitro benzene ring substituents is 1. The normalized spacial score (nSPS) is 10.9. The second kappa shape index (κ2) is 6.19. The summed E-state index contributed by atoms with van der Waals surface area (Å²) in [4.78, 5) is 21.2. The molecule has 18 heavy (non-hydrogen) atoms. The molecule has 0 heterocycles. The Kier molecular flexibility index (Phi) is 4.62. The van der Waals surface area contributed by atoms with Crippen molar-refractivity contribution in [1.82, 2.24) is 0 Å². The van der Waals surface area contributed by atoms with Crippen LogP contribution in [0.4, 0.5) is 11.4 Å². The molecule has 1 aromatic carbocycles. The summed E-state index contributed by atoms with van der Waals surface area (Å²) < 4.78 is 0. The highest BCUT2D eigenvalue weighted by Gasteiger charge is 2.10. The number of benzene rings is 1. The molecule has 0 aromatic heterocycles. The van der Waals surface area contributed by atoms with E-state index in [0.29, 0.717) is 0 Å². The van der Waals surface area contributed by atoms with Gasteiger partial charge in [0.25, 0.3) is 5.69 Å². The fourth-order valence-electron chi connectivity index (χ4n) is 1.17. The third-order valence-corrected chi connectivity index (χ3v) is 2.00. The van der Waals surface area contributed by atoms with E-state index >= 15 is 0 Å². The highest BCUT2D eigenvalue weighted by Crippen LogP contribution is 2.27. The van der Waals surface area contributed by atoms with Crippen LogP contribution in [0.1, 0.15) is 6.92 Å². The number of anilines is 1. The van der Waals surface area contributed by atoms with Crippen molar-refractivity contribution in [3.05, 3.63) is 52.6 Å². The Morgan fingerprint density at radius 2 is 2.17 bits per heavy atom. The second-order valence-electron chi connectivity index (χ2n) is 3.33. The highest BCUT2D eigenvalue weighted by molar-refractivity contribution is 6.00. The molecule has 0 aliphatic rings. The van der Waals surface area contributed by atoms with Crippen LogP contribution in [0.2, 0.25) is 0 Å². The highest BCUT2D eigenvalue weighted by atomic mass is 16.6. The van der Waals surface area contributed by atoms with Gasteiger partial charge in [0, 0.05) is 12.1 Å².